The summed E-state index contributed by atoms with van der Waals surface area (Å²) in [5, 5.41) is 3.85. The van der Waals surface area contributed by atoms with Crippen molar-refractivity contribution in [2.45, 2.75) is 56.5 Å². The van der Waals surface area contributed by atoms with Crippen molar-refractivity contribution in [1.82, 2.24) is 15.3 Å². The number of hydrogen-bond donors (Lipinski definition) is 3. The van der Waals surface area contributed by atoms with E-state index in [-0.39, 0.29) is 16.7 Å². The quantitative estimate of drug-likeness (QED) is 0.494. The summed E-state index contributed by atoms with van der Waals surface area (Å²) in [5.41, 5.74) is 5.27. The van der Waals surface area contributed by atoms with E-state index in [4.69, 9.17) is 5.73 Å². The number of nitrogens with zero attached hydrogens (tertiary/aromatic N) is 1. The Kier molecular flexibility index (Phi) is 6.42. The van der Waals surface area contributed by atoms with Gasteiger partial charge in [-0.3, -0.25) is 9.59 Å². The number of thioether (sulfide) groups is 1. The SMILES string of the molecule is CCCNC(C)(CC(C)Sc1nc(C)cc(=O)[nH]1)C(N)=O. The summed E-state index contributed by atoms with van der Waals surface area (Å²) in [7, 11) is 0. The van der Waals surface area contributed by atoms with Crippen LogP contribution in [0.2, 0.25) is 0 Å². The summed E-state index contributed by atoms with van der Waals surface area (Å²) in [6.07, 6.45) is 1.49. The normalized spacial score (nSPS) is 15.4. The van der Waals surface area contributed by atoms with Crippen LogP contribution in [-0.4, -0.2) is 33.2 Å². The Morgan fingerprint density at radius 1 is 1.62 bits per heavy atom. The van der Waals surface area contributed by atoms with Crippen molar-refractivity contribution >= 4 is 17.7 Å². The van der Waals surface area contributed by atoms with Crippen molar-refractivity contribution in [3.63, 3.8) is 0 Å². The molecule has 4 N–H and O–H groups in total. The average Bonchev–Trinajstić information content (AvgIpc) is 2.34. The number of hydrogen-bond acceptors (Lipinski definition) is 5. The van der Waals surface area contributed by atoms with Gasteiger partial charge in [0.2, 0.25) is 5.91 Å². The predicted molar refractivity (Wildman–Crippen MR) is 85.4 cm³/mol. The van der Waals surface area contributed by atoms with Crippen LogP contribution in [0.25, 0.3) is 0 Å². The number of nitrogens with two attached hydrogens (primary N) is 1. The van der Waals surface area contributed by atoms with Gasteiger partial charge in [-0.1, -0.05) is 25.6 Å². The third kappa shape index (κ3) is 5.51. The number of aryl methyl sites for hydroxylation is 1. The summed E-state index contributed by atoms with van der Waals surface area (Å²) >= 11 is 1.44. The standard InChI is InChI=1S/C14H24N4O2S/c1-5-6-16-14(4,12(15)20)8-10(3)21-13-17-9(2)7-11(19)18-13/h7,10,16H,5-6,8H2,1-4H3,(H2,15,20)(H,17,18,19). The Morgan fingerprint density at radius 2 is 2.29 bits per heavy atom. The van der Waals surface area contributed by atoms with Crippen LogP contribution in [-0.2, 0) is 4.79 Å². The lowest BCUT2D eigenvalue weighted by molar-refractivity contribution is -0.124. The molecule has 0 spiro atoms. The van der Waals surface area contributed by atoms with Gasteiger partial charge in [-0.25, -0.2) is 4.98 Å². The van der Waals surface area contributed by atoms with Crippen LogP contribution in [0.3, 0.4) is 0 Å². The molecule has 1 heterocycles. The minimum Gasteiger partial charge on any atom is -0.368 e. The van der Waals surface area contributed by atoms with E-state index in [0.717, 1.165) is 13.0 Å². The van der Waals surface area contributed by atoms with Crippen molar-refractivity contribution in [2.24, 2.45) is 5.73 Å². The molecule has 0 aliphatic carbocycles. The van der Waals surface area contributed by atoms with Crippen LogP contribution in [0.5, 0.6) is 0 Å². The molecule has 0 bridgehead atoms. The van der Waals surface area contributed by atoms with Gasteiger partial charge in [0, 0.05) is 17.0 Å². The molecule has 0 saturated carbocycles. The molecule has 1 amide bonds. The van der Waals surface area contributed by atoms with E-state index < -0.39 is 5.54 Å². The number of amides is 1. The van der Waals surface area contributed by atoms with Crippen LogP contribution in [0, 0.1) is 6.92 Å². The fourth-order valence-electron chi connectivity index (χ4n) is 2.08. The number of aromatic amines is 1. The Hall–Kier alpha value is -1.34. The number of aromatic nitrogens is 2. The van der Waals surface area contributed by atoms with Crippen LogP contribution in [0.15, 0.2) is 16.0 Å². The molecule has 0 saturated heterocycles. The fourth-order valence-corrected chi connectivity index (χ4v) is 3.23. The lowest BCUT2D eigenvalue weighted by Crippen LogP contribution is -2.54. The molecule has 1 aromatic heterocycles. The van der Waals surface area contributed by atoms with Gasteiger partial charge >= 0.3 is 0 Å². The number of H-pyrrole nitrogens is 1. The first-order chi connectivity index (χ1) is 9.76. The highest BCUT2D eigenvalue weighted by atomic mass is 32.2. The molecule has 7 heteroatoms. The smallest absolute Gasteiger partial charge is 0.251 e. The van der Waals surface area contributed by atoms with Crippen molar-refractivity contribution in [3.8, 4) is 0 Å². The average molecular weight is 312 g/mol. The molecular weight excluding hydrogens is 288 g/mol. The lowest BCUT2D eigenvalue weighted by atomic mass is 9.95. The molecule has 0 aromatic carbocycles. The summed E-state index contributed by atoms with van der Waals surface area (Å²) in [6.45, 7) is 8.35. The molecule has 0 radical (unpaired) electrons. The summed E-state index contributed by atoms with van der Waals surface area (Å²) < 4.78 is 0. The van der Waals surface area contributed by atoms with Crippen molar-refractivity contribution in [1.29, 1.82) is 0 Å². The fraction of sp³-hybridized carbons (Fsp3) is 0.643. The van der Waals surface area contributed by atoms with Gasteiger partial charge in [0.25, 0.3) is 5.56 Å². The Labute approximate surface area is 129 Å². The topological polar surface area (TPSA) is 101 Å². The van der Waals surface area contributed by atoms with E-state index in [1.807, 2.05) is 20.8 Å². The van der Waals surface area contributed by atoms with E-state index in [0.29, 0.717) is 17.3 Å². The molecule has 0 fully saturated rings. The first-order valence-corrected chi connectivity index (χ1v) is 7.94. The summed E-state index contributed by atoms with van der Waals surface area (Å²) in [4.78, 5) is 30.1. The van der Waals surface area contributed by atoms with Gasteiger partial charge in [-0.15, -0.1) is 0 Å². The predicted octanol–water partition coefficient (Wildman–Crippen LogP) is 1.19. The van der Waals surface area contributed by atoms with Gasteiger partial charge < -0.3 is 16.0 Å². The highest BCUT2D eigenvalue weighted by Gasteiger charge is 2.32. The number of rotatable bonds is 8. The van der Waals surface area contributed by atoms with Gasteiger partial charge in [0.05, 0.1) is 5.54 Å². The summed E-state index contributed by atoms with van der Waals surface area (Å²) in [5.74, 6) is -0.367. The monoisotopic (exact) mass is 312 g/mol. The van der Waals surface area contributed by atoms with Gasteiger partial charge in [0.15, 0.2) is 5.16 Å². The Bertz CT molecular complexity index is 546. The molecule has 1 aromatic rings. The maximum atomic E-state index is 11.7. The zero-order valence-electron chi connectivity index (χ0n) is 13.0. The minimum absolute atomic E-state index is 0.0804. The molecule has 118 valence electrons. The second-order valence-corrected chi connectivity index (χ2v) is 6.87. The second kappa shape index (κ2) is 7.61. The number of carbonyl (C=O) groups is 1. The molecule has 21 heavy (non-hydrogen) atoms. The maximum Gasteiger partial charge on any atom is 0.251 e. The zero-order chi connectivity index (χ0) is 16.0. The maximum absolute atomic E-state index is 11.7. The first kappa shape index (κ1) is 17.7. The van der Waals surface area contributed by atoms with Crippen molar-refractivity contribution in [3.05, 3.63) is 22.1 Å². The van der Waals surface area contributed by atoms with Gasteiger partial charge in [-0.05, 0) is 33.2 Å². The summed E-state index contributed by atoms with van der Waals surface area (Å²) in [6, 6.07) is 1.45. The van der Waals surface area contributed by atoms with E-state index in [1.54, 1.807) is 6.92 Å². The van der Waals surface area contributed by atoms with Crippen LogP contribution >= 0.6 is 11.8 Å². The van der Waals surface area contributed by atoms with Gasteiger partial charge in [0.1, 0.15) is 0 Å². The molecule has 0 aliphatic rings. The highest BCUT2D eigenvalue weighted by molar-refractivity contribution is 7.99. The molecular formula is C14H24N4O2S. The van der Waals surface area contributed by atoms with Crippen molar-refractivity contribution < 1.29 is 4.79 Å². The minimum atomic E-state index is -0.757. The van der Waals surface area contributed by atoms with E-state index in [1.165, 1.54) is 17.8 Å². The van der Waals surface area contributed by atoms with E-state index >= 15 is 0 Å². The van der Waals surface area contributed by atoms with Crippen LogP contribution in [0.1, 0.15) is 39.3 Å². The third-order valence-electron chi connectivity index (χ3n) is 3.17. The number of nitrogens with one attached hydrogen (secondary N) is 2. The molecule has 1 rings (SSSR count). The van der Waals surface area contributed by atoms with E-state index in [9.17, 15) is 9.59 Å². The Morgan fingerprint density at radius 3 is 2.81 bits per heavy atom. The second-order valence-electron chi connectivity index (χ2n) is 5.45. The van der Waals surface area contributed by atoms with Crippen LogP contribution < -0.4 is 16.6 Å². The van der Waals surface area contributed by atoms with E-state index in [2.05, 4.69) is 15.3 Å². The number of carbonyl (C=O) groups excluding carboxylic acids is 1. The van der Waals surface area contributed by atoms with Crippen LogP contribution in [0.4, 0.5) is 0 Å². The molecule has 2 unspecified atom stereocenters. The largest absolute Gasteiger partial charge is 0.368 e. The molecule has 6 nitrogen and oxygen atoms in total. The van der Waals surface area contributed by atoms with Crippen molar-refractivity contribution in [2.75, 3.05) is 6.54 Å². The third-order valence-corrected chi connectivity index (χ3v) is 4.15. The van der Waals surface area contributed by atoms with Gasteiger partial charge in [-0.2, -0.15) is 0 Å². The zero-order valence-corrected chi connectivity index (χ0v) is 13.8. The molecule has 0 aliphatic heterocycles. The lowest BCUT2D eigenvalue weighted by Gasteiger charge is -2.30. The molecule has 2 atom stereocenters. The highest BCUT2D eigenvalue weighted by Crippen LogP contribution is 2.26. The number of primary amides is 1. The Balaban J connectivity index is 2.75. The first-order valence-electron chi connectivity index (χ1n) is 7.06.